The van der Waals surface area contributed by atoms with Crippen LogP contribution in [0.2, 0.25) is 0 Å². The Balaban J connectivity index is 1.52. The number of aliphatic hydroxyl groups is 1. The van der Waals surface area contributed by atoms with Crippen LogP contribution in [0.15, 0.2) is 61.2 Å². The van der Waals surface area contributed by atoms with Crippen molar-refractivity contribution in [2.75, 3.05) is 11.0 Å². The van der Waals surface area contributed by atoms with Gasteiger partial charge < -0.3 is 10.4 Å². The van der Waals surface area contributed by atoms with E-state index in [0.717, 1.165) is 24.5 Å². The molecule has 3 heterocycles. The minimum atomic E-state index is -3.76. The average molecular weight is 800 g/mol. The highest BCUT2D eigenvalue weighted by molar-refractivity contribution is 7.92. The number of para-hydroxylation sites is 1. The Morgan fingerprint density at radius 2 is 1.80 bits per heavy atom. The van der Waals surface area contributed by atoms with Crippen LogP contribution in [-0.4, -0.2) is 55.8 Å². The zero-order valence-electron chi connectivity index (χ0n) is 30.3. The summed E-state index contributed by atoms with van der Waals surface area (Å²) in [6.07, 6.45) is -2.10. The molecule has 11 nitrogen and oxygen atoms in total. The van der Waals surface area contributed by atoms with E-state index in [-0.39, 0.29) is 34.8 Å². The number of pyridine rings is 1. The number of rotatable bonds is 11. The SMILES string of the molecule is C=CC1Cc2c(C(F)F)nn(CC(=O)NC(Cc3cc(F)cc(F)c3)c3nc(C#CC(C)(C)O)ccc3-c3cccc4c(NS(C)(=O)=O)nn(C)c34)c2C1(F)F. The smallest absolute Gasteiger partial charge is 0.296 e. The summed E-state index contributed by atoms with van der Waals surface area (Å²) in [7, 11) is -2.20. The molecule has 1 aliphatic carbocycles. The first-order chi connectivity index (χ1) is 26.1. The van der Waals surface area contributed by atoms with Crippen molar-refractivity contribution in [2.45, 2.75) is 57.2 Å². The number of nitrogens with zero attached hydrogens (tertiary/aromatic N) is 5. The highest BCUT2D eigenvalue weighted by atomic mass is 32.2. The van der Waals surface area contributed by atoms with Crippen molar-refractivity contribution < 1.29 is 44.7 Å². The Labute approximate surface area is 317 Å². The van der Waals surface area contributed by atoms with E-state index in [1.165, 1.54) is 24.6 Å². The Morgan fingerprint density at radius 3 is 2.43 bits per heavy atom. The third-order valence-corrected chi connectivity index (χ3v) is 9.52. The van der Waals surface area contributed by atoms with Crippen molar-refractivity contribution in [1.82, 2.24) is 29.9 Å². The second-order valence-corrected chi connectivity index (χ2v) is 15.7. The highest BCUT2D eigenvalue weighted by Crippen LogP contribution is 2.49. The molecule has 0 saturated heterocycles. The highest BCUT2D eigenvalue weighted by Gasteiger charge is 2.52. The summed E-state index contributed by atoms with van der Waals surface area (Å²) in [6, 6.07) is 9.38. The number of aryl methyl sites for hydroxylation is 1. The number of carbonyl (C=O) groups is 1. The first-order valence-corrected chi connectivity index (χ1v) is 18.9. The van der Waals surface area contributed by atoms with Crippen LogP contribution in [0.1, 0.15) is 60.2 Å². The lowest BCUT2D eigenvalue weighted by Crippen LogP contribution is -2.35. The molecule has 5 aromatic rings. The topological polar surface area (TPSA) is 144 Å². The molecule has 0 aliphatic heterocycles. The van der Waals surface area contributed by atoms with Gasteiger partial charge in [-0.1, -0.05) is 24.1 Å². The first-order valence-electron chi connectivity index (χ1n) is 17.0. The first kappa shape index (κ1) is 40.0. The third-order valence-electron chi connectivity index (χ3n) is 8.96. The van der Waals surface area contributed by atoms with Gasteiger partial charge in [0.25, 0.3) is 12.3 Å². The summed E-state index contributed by atoms with van der Waals surface area (Å²) in [4.78, 5) is 18.6. The minimum Gasteiger partial charge on any atom is -0.378 e. The maximum Gasteiger partial charge on any atom is 0.296 e. The van der Waals surface area contributed by atoms with Gasteiger partial charge >= 0.3 is 0 Å². The number of benzene rings is 2. The fourth-order valence-electron chi connectivity index (χ4n) is 6.75. The van der Waals surface area contributed by atoms with Gasteiger partial charge in [0.1, 0.15) is 40.9 Å². The molecule has 18 heteroatoms. The number of hydrogen-bond donors (Lipinski definition) is 3. The van der Waals surface area contributed by atoms with E-state index in [0.29, 0.717) is 32.8 Å². The predicted molar refractivity (Wildman–Crippen MR) is 195 cm³/mol. The van der Waals surface area contributed by atoms with Crippen LogP contribution in [0.3, 0.4) is 0 Å². The van der Waals surface area contributed by atoms with E-state index < -0.39 is 81.8 Å². The summed E-state index contributed by atoms with van der Waals surface area (Å²) >= 11 is 0. The fraction of sp³-hybridized carbons (Fsp3) is 0.316. The van der Waals surface area contributed by atoms with Gasteiger partial charge in [0.05, 0.1) is 29.4 Å². The maximum atomic E-state index is 15.5. The van der Waals surface area contributed by atoms with Gasteiger partial charge in [0.2, 0.25) is 15.9 Å². The predicted octanol–water partition coefficient (Wildman–Crippen LogP) is 6.09. The van der Waals surface area contributed by atoms with E-state index in [1.807, 2.05) is 0 Å². The number of carbonyl (C=O) groups excluding carboxylic acids is 1. The van der Waals surface area contributed by atoms with Crippen molar-refractivity contribution in [3.8, 4) is 23.0 Å². The van der Waals surface area contributed by atoms with Crippen molar-refractivity contribution in [1.29, 1.82) is 0 Å². The number of sulfonamides is 1. The number of alkyl halides is 4. The van der Waals surface area contributed by atoms with Crippen molar-refractivity contribution in [2.24, 2.45) is 13.0 Å². The number of nitrogens with one attached hydrogen (secondary N) is 2. The van der Waals surface area contributed by atoms with Crippen LogP contribution in [0.25, 0.3) is 22.0 Å². The van der Waals surface area contributed by atoms with Gasteiger partial charge in [-0.25, -0.2) is 31.0 Å². The second-order valence-electron chi connectivity index (χ2n) is 13.9. The molecule has 0 bridgehead atoms. The van der Waals surface area contributed by atoms with E-state index >= 15 is 8.78 Å². The Kier molecular flexibility index (Phi) is 10.6. The lowest BCUT2D eigenvalue weighted by molar-refractivity contribution is -0.123. The zero-order valence-corrected chi connectivity index (χ0v) is 31.2. The van der Waals surface area contributed by atoms with E-state index in [1.54, 1.807) is 31.3 Å². The third kappa shape index (κ3) is 8.28. The summed E-state index contributed by atoms with van der Waals surface area (Å²) in [6.45, 7) is 5.33. The number of halogens is 6. The average Bonchev–Trinajstić information content (AvgIpc) is 3.70. The van der Waals surface area contributed by atoms with Gasteiger partial charge in [-0.15, -0.1) is 6.58 Å². The molecule has 0 fully saturated rings. The molecular formula is C38H35F6N7O4S. The molecule has 3 N–H and O–H groups in total. The Bertz CT molecular complexity index is 2530. The van der Waals surface area contributed by atoms with Crippen molar-refractivity contribution in [3.63, 3.8) is 0 Å². The largest absolute Gasteiger partial charge is 0.378 e. The summed E-state index contributed by atoms with van der Waals surface area (Å²) < 4.78 is 117. The molecule has 294 valence electrons. The standard InChI is InChI=1S/C38H35F6N7O4S/c1-6-21-17-28-32(35(41)42)47-51(34(28)38(21,43)44)19-30(52)46-29(16-20-14-22(39)18-23(40)15-20)31-25(11-10-24(45-31)12-13-37(2,3)53)26-8-7-9-27-33(26)50(4)48-36(27)49-56(5,54)55/h6-11,14-15,18,21,29,35,53H,1,16-17,19H2,2-5H3,(H,46,52)(H,48,49). The van der Waals surface area contributed by atoms with Gasteiger partial charge in [-0.3, -0.25) is 18.9 Å². The number of fused-ring (bicyclic) bond motifs is 2. The quantitative estimate of drug-likeness (QED) is 0.0834. The molecule has 0 saturated carbocycles. The summed E-state index contributed by atoms with van der Waals surface area (Å²) in [5, 5.41) is 21.4. The molecule has 1 amide bonds. The van der Waals surface area contributed by atoms with Crippen LogP contribution in [0.5, 0.6) is 0 Å². The normalized spacial score (nSPS) is 15.7. The molecule has 2 atom stereocenters. The number of hydrogen-bond acceptors (Lipinski definition) is 7. The molecule has 2 aromatic carbocycles. The van der Waals surface area contributed by atoms with E-state index in [9.17, 15) is 35.9 Å². The van der Waals surface area contributed by atoms with Crippen LogP contribution in [0.4, 0.5) is 32.2 Å². The number of aromatic nitrogens is 5. The van der Waals surface area contributed by atoms with Crippen LogP contribution in [0, 0.1) is 29.4 Å². The zero-order chi connectivity index (χ0) is 40.9. The molecule has 0 spiro atoms. The molecular weight excluding hydrogens is 765 g/mol. The van der Waals surface area contributed by atoms with Gasteiger partial charge in [0.15, 0.2) is 5.82 Å². The van der Waals surface area contributed by atoms with Crippen LogP contribution >= 0.6 is 0 Å². The Hall–Kier alpha value is -5.67. The van der Waals surface area contributed by atoms with Gasteiger partial charge in [-0.2, -0.15) is 19.0 Å². The lowest BCUT2D eigenvalue weighted by Gasteiger charge is -2.23. The monoisotopic (exact) mass is 799 g/mol. The van der Waals surface area contributed by atoms with E-state index in [4.69, 9.17) is 4.98 Å². The summed E-state index contributed by atoms with van der Waals surface area (Å²) in [5.41, 5.74) is -2.26. The molecule has 0 radical (unpaired) electrons. The molecule has 56 heavy (non-hydrogen) atoms. The molecule has 2 unspecified atom stereocenters. The van der Waals surface area contributed by atoms with Crippen molar-refractivity contribution >= 4 is 32.7 Å². The second kappa shape index (κ2) is 14.8. The van der Waals surface area contributed by atoms with E-state index in [2.05, 4.69) is 38.7 Å². The number of anilines is 1. The van der Waals surface area contributed by atoms with Gasteiger partial charge in [0, 0.05) is 35.2 Å². The minimum absolute atomic E-state index is 0.0135. The van der Waals surface area contributed by atoms with Crippen LogP contribution in [-0.2, 0) is 47.2 Å². The van der Waals surface area contributed by atoms with Crippen molar-refractivity contribution in [3.05, 3.63) is 107 Å². The number of amides is 1. The molecule has 3 aromatic heterocycles. The summed E-state index contributed by atoms with van der Waals surface area (Å²) in [5.74, 6) is -2.63. The fourth-order valence-corrected chi connectivity index (χ4v) is 7.26. The van der Waals surface area contributed by atoms with Gasteiger partial charge in [-0.05, 0) is 68.5 Å². The van der Waals surface area contributed by atoms with Crippen LogP contribution < -0.4 is 10.0 Å². The number of allylic oxidation sites excluding steroid dienone is 1. The molecule has 1 aliphatic rings. The Morgan fingerprint density at radius 1 is 1.11 bits per heavy atom. The maximum absolute atomic E-state index is 15.5. The lowest BCUT2D eigenvalue weighted by atomic mass is 9.93. The molecule has 6 rings (SSSR count).